The zero-order valence-electron chi connectivity index (χ0n) is 19.4. The highest BCUT2D eigenvalue weighted by molar-refractivity contribution is 5.95. The predicted molar refractivity (Wildman–Crippen MR) is 134 cm³/mol. The van der Waals surface area contributed by atoms with Gasteiger partial charge in [0.25, 0.3) is 5.91 Å². The number of amides is 1. The molecule has 0 radical (unpaired) electrons. The van der Waals surface area contributed by atoms with E-state index in [4.69, 9.17) is 4.74 Å². The van der Waals surface area contributed by atoms with E-state index in [1.807, 2.05) is 37.3 Å². The van der Waals surface area contributed by atoms with E-state index in [9.17, 15) is 4.79 Å². The lowest BCUT2D eigenvalue weighted by molar-refractivity contribution is -0.122. The highest BCUT2D eigenvalue weighted by atomic mass is 16.5. The fourth-order valence-corrected chi connectivity index (χ4v) is 7.37. The molecule has 3 aromatic carbocycles. The average Bonchev–Trinajstić information content (AvgIpc) is 2.82. The van der Waals surface area contributed by atoms with E-state index >= 15 is 0 Å². The predicted octanol–water partition coefficient (Wildman–Crippen LogP) is 7.10. The molecule has 7 rings (SSSR count). The van der Waals surface area contributed by atoms with Gasteiger partial charge >= 0.3 is 0 Å². The number of hydrogen-bond acceptors (Lipinski definition) is 2. The van der Waals surface area contributed by atoms with Crippen molar-refractivity contribution in [2.75, 3.05) is 5.32 Å². The Hall–Kier alpha value is -2.81. The summed E-state index contributed by atoms with van der Waals surface area (Å²) >= 11 is 0. The number of ether oxygens (including phenoxy) is 1. The van der Waals surface area contributed by atoms with Crippen molar-refractivity contribution >= 4 is 22.4 Å². The van der Waals surface area contributed by atoms with Gasteiger partial charge in [-0.05, 0) is 97.3 Å². The van der Waals surface area contributed by atoms with Crippen molar-refractivity contribution in [3.8, 4) is 5.75 Å². The number of rotatable bonds is 6. The van der Waals surface area contributed by atoms with E-state index in [1.165, 1.54) is 44.1 Å². The topological polar surface area (TPSA) is 38.3 Å². The van der Waals surface area contributed by atoms with Crippen molar-refractivity contribution in [3.05, 3.63) is 72.3 Å². The van der Waals surface area contributed by atoms with Gasteiger partial charge in [0.15, 0.2) is 6.10 Å². The van der Waals surface area contributed by atoms with Gasteiger partial charge in [-0.2, -0.15) is 0 Å². The molecule has 0 aliphatic heterocycles. The minimum absolute atomic E-state index is 0.0898. The van der Waals surface area contributed by atoms with Crippen LogP contribution < -0.4 is 10.1 Å². The molecule has 4 bridgehead atoms. The maximum absolute atomic E-state index is 13.1. The highest BCUT2D eigenvalue weighted by Crippen LogP contribution is 2.60. The molecule has 4 aliphatic rings. The molecule has 170 valence electrons. The Morgan fingerprint density at radius 1 is 0.909 bits per heavy atom. The summed E-state index contributed by atoms with van der Waals surface area (Å²) in [6.07, 6.45) is 8.55. The first-order valence-corrected chi connectivity index (χ1v) is 12.7. The van der Waals surface area contributed by atoms with Gasteiger partial charge in [-0.15, -0.1) is 0 Å². The van der Waals surface area contributed by atoms with Crippen molar-refractivity contribution in [3.63, 3.8) is 0 Å². The Labute approximate surface area is 196 Å². The van der Waals surface area contributed by atoms with Crippen LogP contribution in [-0.2, 0) is 10.2 Å². The first-order valence-electron chi connectivity index (χ1n) is 12.7. The van der Waals surface area contributed by atoms with Crippen LogP contribution in [-0.4, -0.2) is 12.0 Å². The van der Waals surface area contributed by atoms with E-state index in [0.29, 0.717) is 11.8 Å². The smallest absolute Gasteiger partial charge is 0.265 e. The Morgan fingerprint density at radius 3 is 2.21 bits per heavy atom. The van der Waals surface area contributed by atoms with Crippen LogP contribution in [0.2, 0.25) is 0 Å². The summed E-state index contributed by atoms with van der Waals surface area (Å²) < 4.78 is 6.19. The maximum Gasteiger partial charge on any atom is 0.265 e. The molecule has 1 amide bonds. The minimum atomic E-state index is -0.529. The number of nitrogens with one attached hydrogen (secondary N) is 1. The molecule has 0 aromatic heterocycles. The number of fused-ring (bicyclic) bond motifs is 1. The zero-order chi connectivity index (χ0) is 22.4. The molecule has 4 aliphatic carbocycles. The summed E-state index contributed by atoms with van der Waals surface area (Å²) in [6.45, 7) is 1.99. The van der Waals surface area contributed by atoms with E-state index in [2.05, 4.69) is 41.7 Å². The Kier molecular flexibility index (Phi) is 5.16. The SMILES string of the molecule is CC[C@@H](Oc1cccc2ccccc12)C(=O)Nc1ccc(C23CC4CC(CC(C4)C2)C3)cc1. The van der Waals surface area contributed by atoms with Crippen molar-refractivity contribution < 1.29 is 9.53 Å². The molecule has 4 fully saturated rings. The second-order valence-corrected chi connectivity index (χ2v) is 10.8. The van der Waals surface area contributed by atoms with Crippen molar-refractivity contribution in [2.24, 2.45) is 17.8 Å². The lowest BCUT2D eigenvalue weighted by atomic mass is 9.48. The molecule has 0 saturated heterocycles. The standard InChI is InChI=1S/C30H33NO2/c1-2-27(33-28-9-5-7-23-6-3-4-8-26(23)28)29(32)31-25-12-10-24(11-13-25)30-17-20-14-21(18-30)16-22(15-20)19-30/h3-13,20-22,27H,2,14-19H2,1H3,(H,31,32)/t20?,21?,22?,27-,30?/m1/s1. The van der Waals surface area contributed by atoms with Gasteiger partial charge < -0.3 is 10.1 Å². The van der Waals surface area contributed by atoms with Gasteiger partial charge in [0.2, 0.25) is 0 Å². The van der Waals surface area contributed by atoms with Crippen molar-refractivity contribution in [2.45, 2.75) is 63.4 Å². The monoisotopic (exact) mass is 439 g/mol. The zero-order valence-corrected chi connectivity index (χ0v) is 19.4. The molecule has 4 saturated carbocycles. The van der Waals surface area contributed by atoms with Gasteiger partial charge in [-0.1, -0.05) is 55.5 Å². The van der Waals surface area contributed by atoms with Crippen LogP contribution in [0.4, 0.5) is 5.69 Å². The Bertz CT molecular complexity index is 1120. The van der Waals surface area contributed by atoms with Gasteiger partial charge in [0.05, 0.1) is 0 Å². The first kappa shape index (κ1) is 20.8. The number of anilines is 1. The molecule has 3 heteroatoms. The molecule has 0 unspecified atom stereocenters. The van der Waals surface area contributed by atoms with E-state index in [-0.39, 0.29) is 5.91 Å². The Balaban J connectivity index is 1.16. The molecular formula is C30H33NO2. The van der Waals surface area contributed by atoms with Crippen molar-refractivity contribution in [1.82, 2.24) is 0 Å². The number of hydrogen-bond donors (Lipinski definition) is 1. The number of carbonyl (C=O) groups is 1. The van der Waals surface area contributed by atoms with E-state index < -0.39 is 6.10 Å². The van der Waals surface area contributed by atoms with Crippen LogP contribution in [0.1, 0.15) is 57.4 Å². The molecular weight excluding hydrogens is 406 g/mol. The average molecular weight is 440 g/mol. The van der Waals surface area contributed by atoms with Gasteiger partial charge in [-0.3, -0.25) is 4.79 Å². The van der Waals surface area contributed by atoms with Gasteiger partial charge in [-0.25, -0.2) is 0 Å². The quantitative estimate of drug-likeness (QED) is 0.445. The van der Waals surface area contributed by atoms with Crippen LogP contribution in [0.25, 0.3) is 10.8 Å². The van der Waals surface area contributed by atoms with Crippen LogP contribution in [0, 0.1) is 17.8 Å². The molecule has 3 nitrogen and oxygen atoms in total. The van der Waals surface area contributed by atoms with Gasteiger partial charge in [0.1, 0.15) is 5.75 Å². The van der Waals surface area contributed by atoms with Crippen LogP contribution >= 0.6 is 0 Å². The first-order chi connectivity index (χ1) is 16.1. The third-order valence-corrected chi connectivity index (χ3v) is 8.49. The normalized spacial score (nSPS) is 28.6. The molecule has 0 spiro atoms. The third kappa shape index (κ3) is 3.82. The third-order valence-electron chi connectivity index (χ3n) is 8.49. The summed E-state index contributed by atoms with van der Waals surface area (Å²) in [5.74, 6) is 3.48. The summed E-state index contributed by atoms with van der Waals surface area (Å²) in [5.41, 5.74) is 2.73. The fourth-order valence-electron chi connectivity index (χ4n) is 7.37. The minimum Gasteiger partial charge on any atom is -0.480 e. The van der Waals surface area contributed by atoms with Crippen LogP contribution in [0.3, 0.4) is 0 Å². The van der Waals surface area contributed by atoms with Crippen LogP contribution in [0.15, 0.2) is 66.7 Å². The highest BCUT2D eigenvalue weighted by Gasteiger charge is 2.51. The Morgan fingerprint density at radius 2 is 1.55 bits per heavy atom. The maximum atomic E-state index is 13.1. The second kappa shape index (κ2) is 8.20. The summed E-state index contributed by atoms with van der Waals surface area (Å²) in [4.78, 5) is 13.1. The van der Waals surface area contributed by atoms with Crippen molar-refractivity contribution in [1.29, 1.82) is 0 Å². The molecule has 0 heterocycles. The lowest BCUT2D eigenvalue weighted by Gasteiger charge is -2.57. The number of benzene rings is 3. The number of carbonyl (C=O) groups excluding carboxylic acids is 1. The van der Waals surface area contributed by atoms with Crippen LogP contribution in [0.5, 0.6) is 5.75 Å². The summed E-state index contributed by atoms with van der Waals surface area (Å²) in [7, 11) is 0. The second-order valence-electron chi connectivity index (χ2n) is 10.8. The van der Waals surface area contributed by atoms with Gasteiger partial charge in [0, 0.05) is 11.1 Å². The lowest BCUT2D eigenvalue weighted by Crippen LogP contribution is -2.48. The summed E-state index contributed by atoms with van der Waals surface area (Å²) in [5, 5.41) is 5.25. The van der Waals surface area contributed by atoms with E-state index in [1.54, 1.807) is 0 Å². The summed E-state index contributed by atoms with van der Waals surface area (Å²) in [6, 6.07) is 22.8. The molecule has 1 N–H and O–H groups in total. The molecule has 1 atom stereocenters. The molecule has 3 aromatic rings. The fraction of sp³-hybridized carbons (Fsp3) is 0.433. The van der Waals surface area contributed by atoms with E-state index in [0.717, 1.165) is 40.0 Å². The largest absolute Gasteiger partial charge is 0.480 e. The molecule has 33 heavy (non-hydrogen) atoms.